The van der Waals surface area contributed by atoms with Crippen LogP contribution in [0.15, 0.2) is 12.7 Å². The molecule has 0 atom stereocenters. The van der Waals surface area contributed by atoms with Gasteiger partial charge in [0, 0.05) is 18.4 Å². The Kier molecular flexibility index (Phi) is 5.75. The summed E-state index contributed by atoms with van der Waals surface area (Å²) in [6.45, 7) is 4.25. The van der Waals surface area contributed by atoms with Gasteiger partial charge in [-0.05, 0) is 32.1 Å². The molecule has 1 rings (SSSR count). The Morgan fingerprint density at radius 1 is 1.25 bits per heavy atom. The van der Waals surface area contributed by atoms with E-state index in [1.54, 1.807) is 0 Å². The van der Waals surface area contributed by atoms with E-state index in [9.17, 15) is 4.79 Å². The van der Waals surface area contributed by atoms with E-state index >= 15 is 0 Å². The lowest BCUT2D eigenvalue weighted by molar-refractivity contribution is -0.128. The van der Waals surface area contributed by atoms with Crippen LogP contribution in [0.4, 0.5) is 0 Å². The molecule has 0 spiro atoms. The number of hydrogen-bond donors (Lipinski definition) is 1. The number of unbranched alkanes of at least 4 members (excludes halogenated alkanes) is 3. The van der Waals surface area contributed by atoms with Crippen LogP contribution in [-0.2, 0) is 4.79 Å². The smallest absolute Gasteiger partial charge is 0.140 e. The van der Waals surface area contributed by atoms with Crippen molar-refractivity contribution in [1.29, 1.82) is 0 Å². The highest BCUT2D eigenvalue weighted by Crippen LogP contribution is 2.39. The third-order valence-electron chi connectivity index (χ3n) is 3.85. The Morgan fingerprint density at radius 2 is 1.94 bits per heavy atom. The number of hydrogen-bond acceptors (Lipinski definition) is 2. The van der Waals surface area contributed by atoms with E-state index in [0.29, 0.717) is 12.3 Å². The van der Waals surface area contributed by atoms with Crippen LogP contribution in [0.3, 0.4) is 0 Å². The Bertz CT molecular complexity index is 229. The van der Waals surface area contributed by atoms with Crippen LogP contribution in [0.5, 0.6) is 0 Å². The minimum atomic E-state index is -0.140. The van der Waals surface area contributed by atoms with Crippen LogP contribution in [0, 0.1) is 5.41 Å². The molecule has 1 aliphatic rings. The largest absolute Gasteiger partial charge is 0.329 e. The summed E-state index contributed by atoms with van der Waals surface area (Å²) in [6, 6.07) is 0. The molecule has 0 heterocycles. The summed E-state index contributed by atoms with van der Waals surface area (Å²) >= 11 is 0. The first-order valence-electron chi connectivity index (χ1n) is 6.59. The van der Waals surface area contributed by atoms with Crippen molar-refractivity contribution < 1.29 is 4.79 Å². The zero-order chi connectivity index (χ0) is 11.9. The second-order valence-corrected chi connectivity index (χ2v) is 5.00. The van der Waals surface area contributed by atoms with Crippen molar-refractivity contribution in [3.05, 3.63) is 12.7 Å². The number of ketones is 1. The standard InChI is InChI=1S/C14H25NO/c1-2-3-4-5-6-9-13(16)14(12-15)10-7-8-11-14/h2H,1,3-12,15H2. The van der Waals surface area contributed by atoms with Crippen molar-refractivity contribution >= 4 is 5.78 Å². The van der Waals surface area contributed by atoms with Crippen LogP contribution in [-0.4, -0.2) is 12.3 Å². The first-order valence-corrected chi connectivity index (χ1v) is 6.59. The molecular weight excluding hydrogens is 198 g/mol. The number of rotatable bonds is 8. The Labute approximate surface area is 99.3 Å². The van der Waals surface area contributed by atoms with Gasteiger partial charge >= 0.3 is 0 Å². The van der Waals surface area contributed by atoms with Gasteiger partial charge in [-0.25, -0.2) is 0 Å². The molecule has 1 saturated carbocycles. The zero-order valence-electron chi connectivity index (χ0n) is 10.3. The molecule has 0 saturated heterocycles. The molecule has 0 bridgehead atoms. The predicted molar refractivity (Wildman–Crippen MR) is 68.2 cm³/mol. The average Bonchev–Trinajstić information content (AvgIpc) is 2.78. The monoisotopic (exact) mass is 223 g/mol. The molecule has 92 valence electrons. The van der Waals surface area contributed by atoms with Gasteiger partial charge in [-0.3, -0.25) is 4.79 Å². The SMILES string of the molecule is C=CCCCCCC(=O)C1(CN)CCCC1. The topological polar surface area (TPSA) is 43.1 Å². The fraction of sp³-hybridized carbons (Fsp3) is 0.786. The summed E-state index contributed by atoms with van der Waals surface area (Å²) in [5, 5.41) is 0. The molecule has 1 aliphatic carbocycles. The maximum atomic E-state index is 12.1. The fourth-order valence-electron chi connectivity index (χ4n) is 2.66. The van der Waals surface area contributed by atoms with Crippen molar-refractivity contribution in [2.24, 2.45) is 11.1 Å². The summed E-state index contributed by atoms with van der Waals surface area (Å²) in [5.41, 5.74) is 5.65. The molecule has 2 nitrogen and oxygen atoms in total. The van der Waals surface area contributed by atoms with Crippen molar-refractivity contribution in [2.75, 3.05) is 6.54 Å². The van der Waals surface area contributed by atoms with Gasteiger partial charge < -0.3 is 5.73 Å². The molecule has 0 aromatic carbocycles. The van der Waals surface area contributed by atoms with Gasteiger partial charge in [0.15, 0.2) is 0 Å². The van der Waals surface area contributed by atoms with Gasteiger partial charge in [-0.1, -0.05) is 25.3 Å². The van der Waals surface area contributed by atoms with Crippen LogP contribution in [0.2, 0.25) is 0 Å². The van der Waals surface area contributed by atoms with Crippen LogP contribution in [0.25, 0.3) is 0 Å². The van der Waals surface area contributed by atoms with E-state index in [2.05, 4.69) is 6.58 Å². The Morgan fingerprint density at radius 3 is 2.50 bits per heavy atom. The summed E-state index contributed by atoms with van der Waals surface area (Å²) in [7, 11) is 0. The molecule has 16 heavy (non-hydrogen) atoms. The second-order valence-electron chi connectivity index (χ2n) is 5.00. The maximum Gasteiger partial charge on any atom is 0.140 e. The third kappa shape index (κ3) is 3.44. The van der Waals surface area contributed by atoms with Crippen molar-refractivity contribution in [2.45, 2.75) is 57.8 Å². The minimum absolute atomic E-state index is 0.140. The first kappa shape index (κ1) is 13.4. The van der Waals surface area contributed by atoms with Gasteiger partial charge in [0.05, 0.1) is 0 Å². The quantitative estimate of drug-likeness (QED) is 0.507. The molecule has 0 unspecified atom stereocenters. The molecule has 2 N–H and O–H groups in total. The molecule has 0 aromatic heterocycles. The summed E-state index contributed by atoms with van der Waals surface area (Å²) in [5.74, 6) is 0.422. The lowest BCUT2D eigenvalue weighted by atomic mass is 9.80. The van der Waals surface area contributed by atoms with Crippen LogP contribution >= 0.6 is 0 Å². The third-order valence-corrected chi connectivity index (χ3v) is 3.85. The van der Waals surface area contributed by atoms with Crippen molar-refractivity contribution in [3.8, 4) is 0 Å². The van der Waals surface area contributed by atoms with Gasteiger partial charge in [0.25, 0.3) is 0 Å². The molecule has 0 amide bonds. The van der Waals surface area contributed by atoms with Crippen molar-refractivity contribution in [1.82, 2.24) is 0 Å². The molecular formula is C14H25NO. The number of carbonyl (C=O) groups is 1. The number of carbonyl (C=O) groups excluding carboxylic acids is 1. The average molecular weight is 223 g/mol. The highest BCUT2D eigenvalue weighted by atomic mass is 16.1. The molecule has 0 aliphatic heterocycles. The summed E-state index contributed by atoms with van der Waals surface area (Å²) in [4.78, 5) is 12.1. The molecule has 2 heteroatoms. The lowest BCUT2D eigenvalue weighted by Crippen LogP contribution is -2.35. The van der Waals surface area contributed by atoms with E-state index in [0.717, 1.165) is 44.9 Å². The number of nitrogens with two attached hydrogens (primary N) is 1. The molecule has 0 aromatic rings. The maximum absolute atomic E-state index is 12.1. The van der Waals surface area contributed by atoms with E-state index in [1.807, 2.05) is 6.08 Å². The highest BCUT2D eigenvalue weighted by molar-refractivity contribution is 5.85. The number of Topliss-reactive ketones (excluding diaryl/α,β-unsaturated/α-hetero) is 1. The lowest BCUT2D eigenvalue weighted by Gasteiger charge is -2.25. The fourth-order valence-corrected chi connectivity index (χ4v) is 2.66. The van der Waals surface area contributed by atoms with E-state index in [1.165, 1.54) is 12.8 Å². The van der Waals surface area contributed by atoms with Crippen LogP contribution in [0.1, 0.15) is 57.8 Å². The Balaban J connectivity index is 2.25. The highest BCUT2D eigenvalue weighted by Gasteiger charge is 2.38. The van der Waals surface area contributed by atoms with Gasteiger partial charge in [-0.2, -0.15) is 0 Å². The van der Waals surface area contributed by atoms with E-state index in [-0.39, 0.29) is 5.41 Å². The van der Waals surface area contributed by atoms with E-state index < -0.39 is 0 Å². The first-order chi connectivity index (χ1) is 7.75. The van der Waals surface area contributed by atoms with Crippen molar-refractivity contribution in [3.63, 3.8) is 0 Å². The van der Waals surface area contributed by atoms with Gasteiger partial charge in [0.1, 0.15) is 5.78 Å². The Hall–Kier alpha value is -0.630. The van der Waals surface area contributed by atoms with Gasteiger partial charge in [0.2, 0.25) is 0 Å². The van der Waals surface area contributed by atoms with E-state index in [4.69, 9.17) is 5.73 Å². The predicted octanol–water partition coefficient (Wildman–Crippen LogP) is 3.21. The summed E-state index contributed by atoms with van der Waals surface area (Å²) < 4.78 is 0. The zero-order valence-corrected chi connectivity index (χ0v) is 10.3. The van der Waals surface area contributed by atoms with Gasteiger partial charge in [-0.15, -0.1) is 6.58 Å². The summed E-state index contributed by atoms with van der Waals surface area (Å²) in [6.07, 6.45) is 11.5. The number of allylic oxidation sites excluding steroid dienone is 1. The molecule has 1 fully saturated rings. The minimum Gasteiger partial charge on any atom is -0.329 e. The second kappa shape index (κ2) is 6.85. The van der Waals surface area contributed by atoms with Crippen LogP contribution < -0.4 is 5.73 Å². The molecule has 0 radical (unpaired) electrons. The normalized spacial score (nSPS) is 18.6.